The van der Waals surface area contributed by atoms with Crippen molar-refractivity contribution in [3.8, 4) is 17.6 Å². The van der Waals surface area contributed by atoms with E-state index in [0.717, 1.165) is 11.0 Å². The minimum absolute atomic E-state index is 0.00662. The largest absolute Gasteiger partial charge is 0.508 e. The van der Waals surface area contributed by atoms with Crippen LogP contribution in [0.5, 0.6) is 5.75 Å². The second kappa shape index (κ2) is 9.57. The highest BCUT2D eigenvalue weighted by Gasteiger charge is 2.15. The van der Waals surface area contributed by atoms with Crippen molar-refractivity contribution in [1.82, 2.24) is 15.1 Å². The van der Waals surface area contributed by atoms with Crippen LogP contribution in [0.1, 0.15) is 5.56 Å². The van der Waals surface area contributed by atoms with Crippen molar-refractivity contribution in [2.75, 3.05) is 20.6 Å². The van der Waals surface area contributed by atoms with E-state index >= 15 is 0 Å². The number of phenols is 1. The Morgan fingerprint density at radius 1 is 1.36 bits per heavy atom. The van der Waals surface area contributed by atoms with Gasteiger partial charge < -0.3 is 20.2 Å². The van der Waals surface area contributed by atoms with Crippen molar-refractivity contribution in [1.29, 1.82) is 0 Å². The Morgan fingerprint density at radius 2 is 2.08 bits per heavy atom. The summed E-state index contributed by atoms with van der Waals surface area (Å²) in [6.07, 6.45) is 2.71. The molecule has 0 spiro atoms. The molecule has 3 amide bonds. The molecule has 0 aliphatic rings. The fourth-order valence-electron chi connectivity index (χ4n) is 1.66. The van der Waals surface area contributed by atoms with Gasteiger partial charge in [0.05, 0.1) is 6.54 Å². The molecule has 7 heteroatoms. The van der Waals surface area contributed by atoms with E-state index in [2.05, 4.69) is 23.7 Å². The van der Waals surface area contributed by atoms with Crippen molar-refractivity contribution in [2.24, 2.45) is 0 Å². The van der Waals surface area contributed by atoms with E-state index in [1.54, 1.807) is 12.1 Å². The lowest BCUT2D eigenvalue weighted by molar-refractivity contribution is -0.127. The first-order chi connectivity index (χ1) is 11.9. The number of likely N-dealkylation sites (N-methyl/N-ethyl adjacent to an activating group) is 1. The van der Waals surface area contributed by atoms with Gasteiger partial charge in [0.2, 0.25) is 12.3 Å². The summed E-state index contributed by atoms with van der Waals surface area (Å²) in [6.45, 7) is 3.31. The van der Waals surface area contributed by atoms with Crippen molar-refractivity contribution in [3.05, 3.63) is 54.4 Å². The second-order valence-electron chi connectivity index (χ2n) is 5.07. The monoisotopic (exact) mass is 341 g/mol. The normalized spacial score (nSPS) is 10.1. The van der Waals surface area contributed by atoms with Crippen molar-refractivity contribution < 1.29 is 19.5 Å². The highest BCUT2D eigenvalue weighted by molar-refractivity contribution is 5.99. The first-order valence-electron chi connectivity index (χ1n) is 7.23. The fraction of sp³-hybridized carbons (Fsp3) is 0.167. The summed E-state index contributed by atoms with van der Waals surface area (Å²) in [6, 6.07) is 6.36. The maximum absolute atomic E-state index is 12.1. The van der Waals surface area contributed by atoms with E-state index in [4.69, 9.17) is 0 Å². The molecular weight excluding hydrogens is 322 g/mol. The van der Waals surface area contributed by atoms with E-state index in [1.165, 1.54) is 37.3 Å². The zero-order chi connectivity index (χ0) is 18.8. The molecule has 7 nitrogen and oxygen atoms in total. The van der Waals surface area contributed by atoms with Gasteiger partial charge in [-0.3, -0.25) is 14.4 Å². The van der Waals surface area contributed by atoms with Crippen LogP contribution in [0.3, 0.4) is 0 Å². The number of hydrogen-bond donors (Lipinski definition) is 2. The maximum atomic E-state index is 12.1. The first kappa shape index (κ1) is 19.5. The van der Waals surface area contributed by atoms with Crippen molar-refractivity contribution in [2.45, 2.75) is 0 Å². The Bertz CT molecular complexity index is 757. The zero-order valence-corrected chi connectivity index (χ0v) is 14.0. The van der Waals surface area contributed by atoms with Crippen LogP contribution < -0.4 is 5.32 Å². The van der Waals surface area contributed by atoms with E-state index in [1.807, 2.05) is 0 Å². The summed E-state index contributed by atoms with van der Waals surface area (Å²) in [5.74, 6) is 4.57. The van der Waals surface area contributed by atoms with Gasteiger partial charge in [-0.2, -0.15) is 0 Å². The third-order valence-electron chi connectivity index (χ3n) is 2.85. The van der Waals surface area contributed by atoms with Gasteiger partial charge in [0.15, 0.2) is 0 Å². The van der Waals surface area contributed by atoms with Crippen LogP contribution in [-0.4, -0.2) is 53.8 Å². The van der Waals surface area contributed by atoms with E-state index in [0.29, 0.717) is 12.0 Å². The van der Waals surface area contributed by atoms with Crippen LogP contribution in [0.2, 0.25) is 0 Å². The standard InChI is InChI=1S/C18H19N3O4/c1-4-17(24)19-16(18(25)20(2)3)12-21(13-22)10-6-8-14-7-5-9-15(23)11-14/h4-5,7,9,11-13,23H,1,10H2,2-3H3,(H,19,24)/b16-12+. The quantitative estimate of drug-likeness (QED) is 0.446. The van der Waals surface area contributed by atoms with E-state index < -0.39 is 11.8 Å². The molecule has 25 heavy (non-hydrogen) atoms. The molecule has 1 aromatic rings. The molecule has 0 heterocycles. The molecule has 0 atom stereocenters. The summed E-state index contributed by atoms with van der Waals surface area (Å²) in [4.78, 5) is 37.1. The molecule has 0 unspecified atom stereocenters. The summed E-state index contributed by atoms with van der Waals surface area (Å²) >= 11 is 0. The van der Waals surface area contributed by atoms with Gasteiger partial charge >= 0.3 is 0 Å². The molecule has 0 saturated carbocycles. The minimum atomic E-state index is -0.571. The molecular formula is C18H19N3O4. The molecule has 0 bridgehead atoms. The highest BCUT2D eigenvalue weighted by atomic mass is 16.3. The smallest absolute Gasteiger partial charge is 0.271 e. The molecule has 0 saturated heterocycles. The van der Waals surface area contributed by atoms with Gasteiger partial charge in [-0.05, 0) is 24.3 Å². The average molecular weight is 341 g/mol. The Balaban J connectivity index is 2.96. The van der Waals surface area contributed by atoms with Crippen LogP contribution in [0, 0.1) is 11.8 Å². The summed E-state index contributed by atoms with van der Waals surface area (Å²) < 4.78 is 0. The van der Waals surface area contributed by atoms with E-state index in [-0.39, 0.29) is 18.0 Å². The van der Waals surface area contributed by atoms with Crippen LogP contribution >= 0.6 is 0 Å². The number of amides is 3. The molecule has 0 aliphatic heterocycles. The molecule has 0 aliphatic carbocycles. The Hall–Kier alpha value is -3.53. The highest BCUT2D eigenvalue weighted by Crippen LogP contribution is 2.09. The number of benzene rings is 1. The lowest BCUT2D eigenvalue weighted by Crippen LogP contribution is -2.35. The van der Waals surface area contributed by atoms with Crippen LogP contribution in [0.15, 0.2) is 48.8 Å². The molecule has 0 fully saturated rings. The third-order valence-corrected chi connectivity index (χ3v) is 2.85. The van der Waals surface area contributed by atoms with Crippen LogP contribution in [-0.2, 0) is 14.4 Å². The zero-order valence-electron chi connectivity index (χ0n) is 14.0. The second-order valence-corrected chi connectivity index (χ2v) is 5.07. The number of nitrogens with one attached hydrogen (secondary N) is 1. The van der Waals surface area contributed by atoms with Gasteiger partial charge in [0, 0.05) is 25.9 Å². The predicted octanol–water partition coefficient (Wildman–Crippen LogP) is 0.434. The van der Waals surface area contributed by atoms with Crippen LogP contribution in [0.4, 0.5) is 0 Å². The van der Waals surface area contributed by atoms with Gasteiger partial charge in [-0.25, -0.2) is 0 Å². The van der Waals surface area contributed by atoms with Gasteiger partial charge in [-0.15, -0.1) is 0 Å². The summed E-state index contributed by atoms with van der Waals surface area (Å²) in [5.41, 5.74) is 0.500. The van der Waals surface area contributed by atoms with E-state index in [9.17, 15) is 19.5 Å². The van der Waals surface area contributed by atoms with Crippen molar-refractivity contribution in [3.63, 3.8) is 0 Å². The first-order valence-corrected chi connectivity index (χ1v) is 7.23. The minimum Gasteiger partial charge on any atom is -0.508 e. The lowest BCUT2D eigenvalue weighted by Gasteiger charge is -2.16. The lowest BCUT2D eigenvalue weighted by atomic mass is 10.2. The number of rotatable bonds is 6. The Kier molecular flexibility index (Phi) is 7.47. The Morgan fingerprint density at radius 3 is 2.64 bits per heavy atom. The number of aromatic hydroxyl groups is 1. The molecule has 1 rings (SSSR count). The number of phenolic OH excluding ortho intramolecular Hbond substituents is 1. The average Bonchev–Trinajstić information content (AvgIpc) is 2.59. The number of hydrogen-bond acceptors (Lipinski definition) is 4. The molecule has 2 N–H and O–H groups in total. The number of nitrogens with zero attached hydrogens (tertiary/aromatic N) is 2. The van der Waals surface area contributed by atoms with Crippen molar-refractivity contribution >= 4 is 18.2 Å². The maximum Gasteiger partial charge on any atom is 0.271 e. The SMILES string of the molecule is C=CC(=O)N/C(=C/N(C=O)CC#Cc1cccc(O)c1)C(=O)N(C)C. The topological polar surface area (TPSA) is 90.0 Å². The van der Waals surface area contributed by atoms with Gasteiger partial charge in [0.1, 0.15) is 11.4 Å². The predicted molar refractivity (Wildman–Crippen MR) is 92.9 cm³/mol. The summed E-state index contributed by atoms with van der Waals surface area (Å²) in [7, 11) is 3.03. The third kappa shape index (κ3) is 6.62. The fourth-order valence-corrected chi connectivity index (χ4v) is 1.66. The van der Waals surface area contributed by atoms with Gasteiger partial charge in [0.25, 0.3) is 5.91 Å². The molecule has 1 aromatic carbocycles. The summed E-state index contributed by atoms with van der Waals surface area (Å²) in [5, 5.41) is 11.7. The molecule has 0 aromatic heterocycles. The number of carbonyl (C=O) groups excluding carboxylic acids is 3. The van der Waals surface area contributed by atoms with Gasteiger partial charge in [-0.1, -0.05) is 24.5 Å². The Labute approximate surface area is 146 Å². The molecule has 0 radical (unpaired) electrons. The van der Waals surface area contributed by atoms with Crippen LogP contribution in [0.25, 0.3) is 0 Å². The molecule has 130 valence electrons. The number of carbonyl (C=O) groups is 3.